The SMILES string of the molecule is COc1ccc([C@H](C)NC(=O)[C@@H](C)N(c2cccc(C(F)(F)F)c2)S(C)(=O)=O)cc1. The number of rotatable bonds is 7. The van der Waals surface area contributed by atoms with Crippen LogP contribution in [-0.4, -0.2) is 33.7 Å². The van der Waals surface area contributed by atoms with Gasteiger partial charge in [-0.05, 0) is 49.7 Å². The van der Waals surface area contributed by atoms with Crippen LogP contribution in [-0.2, 0) is 21.0 Å². The predicted molar refractivity (Wildman–Crippen MR) is 108 cm³/mol. The average Bonchev–Trinajstić information content (AvgIpc) is 2.66. The molecule has 2 rings (SSSR count). The maximum absolute atomic E-state index is 13.0. The second-order valence-electron chi connectivity index (χ2n) is 6.79. The molecule has 0 aliphatic rings. The van der Waals surface area contributed by atoms with E-state index in [-0.39, 0.29) is 5.69 Å². The molecule has 0 radical (unpaired) electrons. The number of benzene rings is 2. The van der Waals surface area contributed by atoms with E-state index in [1.54, 1.807) is 31.2 Å². The molecule has 0 saturated heterocycles. The highest BCUT2D eigenvalue weighted by atomic mass is 32.2. The molecule has 30 heavy (non-hydrogen) atoms. The summed E-state index contributed by atoms with van der Waals surface area (Å²) in [6.45, 7) is 3.03. The fraction of sp³-hybridized carbons (Fsp3) is 0.350. The molecule has 6 nitrogen and oxygen atoms in total. The Morgan fingerprint density at radius 1 is 1.10 bits per heavy atom. The van der Waals surface area contributed by atoms with E-state index >= 15 is 0 Å². The standard InChI is InChI=1S/C20H23F3N2O4S/c1-13(15-8-10-18(29-3)11-9-15)24-19(26)14(2)25(30(4,27)28)17-7-5-6-16(12-17)20(21,22)23/h5-14H,1-4H3,(H,24,26)/t13-,14+/m0/s1. The first-order valence-corrected chi connectivity index (χ1v) is 10.8. The Morgan fingerprint density at radius 2 is 1.70 bits per heavy atom. The molecular formula is C20H23F3N2O4S. The molecule has 0 fully saturated rings. The maximum Gasteiger partial charge on any atom is 0.416 e. The number of nitrogens with zero attached hydrogens (tertiary/aromatic N) is 1. The third-order valence-electron chi connectivity index (χ3n) is 4.49. The summed E-state index contributed by atoms with van der Waals surface area (Å²) < 4.78 is 69.5. The van der Waals surface area contributed by atoms with Crippen molar-refractivity contribution in [2.75, 3.05) is 17.7 Å². The van der Waals surface area contributed by atoms with E-state index in [1.165, 1.54) is 20.1 Å². The minimum atomic E-state index is -4.65. The largest absolute Gasteiger partial charge is 0.497 e. The molecule has 0 saturated carbocycles. The third-order valence-corrected chi connectivity index (χ3v) is 5.73. The molecule has 2 aromatic rings. The molecule has 2 aromatic carbocycles. The van der Waals surface area contributed by atoms with Crippen LogP contribution in [0.15, 0.2) is 48.5 Å². The lowest BCUT2D eigenvalue weighted by molar-refractivity contribution is -0.137. The molecule has 0 bridgehead atoms. The zero-order valence-electron chi connectivity index (χ0n) is 16.9. The van der Waals surface area contributed by atoms with Crippen LogP contribution >= 0.6 is 0 Å². The van der Waals surface area contributed by atoms with Crippen LogP contribution in [0.1, 0.15) is 31.0 Å². The van der Waals surface area contributed by atoms with Gasteiger partial charge in [-0.25, -0.2) is 8.42 Å². The van der Waals surface area contributed by atoms with Gasteiger partial charge >= 0.3 is 6.18 Å². The summed E-state index contributed by atoms with van der Waals surface area (Å²) in [6, 6.07) is 9.04. The van der Waals surface area contributed by atoms with Crippen molar-refractivity contribution in [3.63, 3.8) is 0 Å². The summed E-state index contributed by atoms with van der Waals surface area (Å²) in [5.41, 5.74) is -0.499. The van der Waals surface area contributed by atoms with Crippen LogP contribution in [0, 0.1) is 0 Å². The van der Waals surface area contributed by atoms with Crippen LogP contribution < -0.4 is 14.4 Å². The molecule has 10 heteroatoms. The number of halogens is 3. The lowest BCUT2D eigenvalue weighted by atomic mass is 10.1. The van der Waals surface area contributed by atoms with Gasteiger partial charge in [0, 0.05) is 0 Å². The van der Waals surface area contributed by atoms with Crippen LogP contribution in [0.4, 0.5) is 18.9 Å². The zero-order valence-corrected chi connectivity index (χ0v) is 17.7. The molecule has 2 atom stereocenters. The van der Waals surface area contributed by atoms with Crippen molar-refractivity contribution in [1.82, 2.24) is 5.32 Å². The number of ether oxygens (including phenoxy) is 1. The quantitative estimate of drug-likeness (QED) is 0.706. The molecular weight excluding hydrogens is 421 g/mol. The normalized spacial score (nSPS) is 14.0. The zero-order chi connectivity index (χ0) is 22.7. The summed E-state index contributed by atoms with van der Waals surface area (Å²) in [4.78, 5) is 12.7. The molecule has 1 N–H and O–H groups in total. The number of nitrogens with one attached hydrogen (secondary N) is 1. The highest BCUT2D eigenvalue weighted by Gasteiger charge is 2.34. The number of hydrogen-bond donors (Lipinski definition) is 1. The Balaban J connectivity index is 2.28. The number of sulfonamides is 1. The monoisotopic (exact) mass is 444 g/mol. The fourth-order valence-electron chi connectivity index (χ4n) is 2.94. The van der Waals surface area contributed by atoms with Gasteiger partial charge in [-0.3, -0.25) is 9.10 Å². The molecule has 0 aromatic heterocycles. The molecule has 0 aliphatic heterocycles. The van der Waals surface area contributed by atoms with Gasteiger partial charge in [-0.1, -0.05) is 18.2 Å². The van der Waals surface area contributed by atoms with Gasteiger partial charge in [-0.2, -0.15) is 13.2 Å². The number of methoxy groups -OCH3 is 1. The van der Waals surface area contributed by atoms with E-state index in [1.807, 2.05) is 0 Å². The Kier molecular flexibility index (Phi) is 7.02. The van der Waals surface area contributed by atoms with Gasteiger partial charge in [0.05, 0.1) is 30.7 Å². The number of amides is 1. The van der Waals surface area contributed by atoms with Crippen molar-refractivity contribution >= 4 is 21.6 Å². The third kappa shape index (κ3) is 5.65. The number of carbonyl (C=O) groups excluding carboxylic acids is 1. The van der Waals surface area contributed by atoms with Crippen molar-refractivity contribution < 1.29 is 31.1 Å². The van der Waals surface area contributed by atoms with E-state index in [2.05, 4.69) is 5.32 Å². The van der Waals surface area contributed by atoms with Crippen molar-refractivity contribution in [2.24, 2.45) is 0 Å². The van der Waals surface area contributed by atoms with Crippen LogP contribution in [0.25, 0.3) is 0 Å². The maximum atomic E-state index is 13.0. The lowest BCUT2D eigenvalue weighted by Crippen LogP contribution is -2.48. The van der Waals surface area contributed by atoms with Gasteiger partial charge in [0.2, 0.25) is 15.9 Å². The van der Waals surface area contributed by atoms with Crippen molar-refractivity contribution in [2.45, 2.75) is 32.1 Å². The highest BCUT2D eigenvalue weighted by Crippen LogP contribution is 2.33. The van der Waals surface area contributed by atoms with Crippen molar-refractivity contribution in [1.29, 1.82) is 0 Å². The van der Waals surface area contributed by atoms with Gasteiger partial charge in [-0.15, -0.1) is 0 Å². The van der Waals surface area contributed by atoms with Crippen molar-refractivity contribution in [3.8, 4) is 5.75 Å². The molecule has 1 amide bonds. The molecule has 0 unspecified atom stereocenters. The molecule has 0 spiro atoms. The number of carbonyl (C=O) groups is 1. The summed E-state index contributed by atoms with van der Waals surface area (Å²) in [6.07, 6.45) is -3.81. The second-order valence-corrected chi connectivity index (χ2v) is 8.65. The van der Waals surface area contributed by atoms with Crippen molar-refractivity contribution in [3.05, 3.63) is 59.7 Å². The Bertz CT molecular complexity index is 992. The molecule has 0 aliphatic carbocycles. The van der Waals surface area contributed by atoms with E-state index in [0.717, 1.165) is 24.0 Å². The molecule has 164 valence electrons. The second kappa shape index (κ2) is 8.95. The number of hydrogen-bond acceptors (Lipinski definition) is 4. The number of alkyl halides is 3. The Hall–Kier alpha value is -2.75. The van der Waals surface area contributed by atoms with Gasteiger partial charge in [0.15, 0.2) is 0 Å². The fourth-order valence-corrected chi connectivity index (χ4v) is 4.10. The van der Waals surface area contributed by atoms with Crippen LogP contribution in [0.2, 0.25) is 0 Å². The first-order chi connectivity index (χ1) is 13.8. The highest BCUT2D eigenvalue weighted by molar-refractivity contribution is 7.92. The van der Waals surface area contributed by atoms with E-state index in [4.69, 9.17) is 4.74 Å². The van der Waals surface area contributed by atoms with E-state index in [0.29, 0.717) is 16.1 Å². The molecule has 0 heterocycles. The minimum Gasteiger partial charge on any atom is -0.497 e. The van der Waals surface area contributed by atoms with Gasteiger partial charge in [0.25, 0.3) is 0 Å². The first-order valence-electron chi connectivity index (χ1n) is 8.95. The minimum absolute atomic E-state index is 0.243. The summed E-state index contributed by atoms with van der Waals surface area (Å²) >= 11 is 0. The number of anilines is 1. The van der Waals surface area contributed by atoms with E-state index in [9.17, 15) is 26.4 Å². The Labute approximate surface area is 173 Å². The van der Waals surface area contributed by atoms with Crippen LogP contribution in [0.3, 0.4) is 0 Å². The summed E-state index contributed by atoms with van der Waals surface area (Å²) in [5, 5.41) is 2.69. The Morgan fingerprint density at radius 3 is 2.20 bits per heavy atom. The van der Waals surface area contributed by atoms with E-state index < -0.39 is 39.8 Å². The lowest BCUT2D eigenvalue weighted by Gasteiger charge is -2.29. The van der Waals surface area contributed by atoms with Crippen LogP contribution in [0.5, 0.6) is 5.75 Å². The average molecular weight is 444 g/mol. The topological polar surface area (TPSA) is 75.7 Å². The van der Waals surface area contributed by atoms with Gasteiger partial charge in [0.1, 0.15) is 11.8 Å². The van der Waals surface area contributed by atoms with Gasteiger partial charge < -0.3 is 10.1 Å². The predicted octanol–water partition coefficient (Wildman–Crippen LogP) is 3.75. The summed E-state index contributed by atoms with van der Waals surface area (Å²) in [5.74, 6) is -0.0143. The smallest absolute Gasteiger partial charge is 0.416 e. The first kappa shape index (κ1) is 23.5. The summed E-state index contributed by atoms with van der Waals surface area (Å²) in [7, 11) is -2.52.